The van der Waals surface area contributed by atoms with Crippen LogP contribution < -0.4 is 10.5 Å². The molecule has 3 heteroatoms. The number of rotatable bonds is 5. The Hall–Kier alpha value is -1.06. The Labute approximate surface area is 109 Å². The Balaban J connectivity index is 2.48. The van der Waals surface area contributed by atoms with Gasteiger partial charge in [-0.05, 0) is 42.4 Å². The van der Waals surface area contributed by atoms with Crippen LogP contribution in [0.3, 0.4) is 0 Å². The number of ether oxygens (including phenoxy) is 1. The van der Waals surface area contributed by atoms with E-state index < -0.39 is 5.60 Å². The lowest BCUT2D eigenvalue weighted by Crippen LogP contribution is -2.37. The topological polar surface area (TPSA) is 55.5 Å². The molecule has 3 N–H and O–H groups in total. The van der Waals surface area contributed by atoms with Crippen molar-refractivity contribution in [2.24, 2.45) is 11.7 Å². The molecule has 1 atom stereocenters. The highest BCUT2D eigenvalue weighted by molar-refractivity contribution is 5.43. The van der Waals surface area contributed by atoms with Crippen molar-refractivity contribution in [3.8, 4) is 5.75 Å². The molecular weight excluding hydrogens is 226 g/mol. The summed E-state index contributed by atoms with van der Waals surface area (Å²) in [5, 5.41) is 10.8. The van der Waals surface area contributed by atoms with E-state index >= 15 is 0 Å². The van der Waals surface area contributed by atoms with Gasteiger partial charge in [0.25, 0.3) is 0 Å². The molecule has 0 saturated heterocycles. The Morgan fingerprint density at radius 2 is 2.11 bits per heavy atom. The fraction of sp³-hybridized carbons (Fsp3) is 0.600. The van der Waals surface area contributed by atoms with Crippen LogP contribution in [0.2, 0.25) is 0 Å². The molecule has 0 amide bonds. The van der Waals surface area contributed by atoms with Gasteiger partial charge in [-0.1, -0.05) is 19.9 Å². The molecule has 1 aromatic carbocycles. The molecule has 18 heavy (non-hydrogen) atoms. The minimum absolute atomic E-state index is 0.246. The SMILES string of the molecule is COc1ccc(C(C)C)cc1C(O)(CN)C1CC1. The first kappa shape index (κ1) is 13.4. The average Bonchev–Trinajstić information content (AvgIpc) is 3.21. The summed E-state index contributed by atoms with van der Waals surface area (Å²) in [6.45, 7) is 4.53. The smallest absolute Gasteiger partial charge is 0.125 e. The van der Waals surface area contributed by atoms with E-state index in [1.807, 2.05) is 6.07 Å². The van der Waals surface area contributed by atoms with Crippen LogP contribution in [0.1, 0.15) is 43.7 Å². The van der Waals surface area contributed by atoms with Gasteiger partial charge in [-0.3, -0.25) is 0 Å². The third-order valence-corrected chi connectivity index (χ3v) is 3.92. The third-order valence-electron chi connectivity index (χ3n) is 3.92. The van der Waals surface area contributed by atoms with Crippen molar-refractivity contribution in [2.75, 3.05) is 13.7 Å². The largest absolute Gasteiger partial charge is 0.496 e. The number of aliphatic hydroxyl groups is 1. The number of benzene rings is 1. The predicted octanol–water partition coefficient (Wildman–Crippen LogP) is 2.37. The molecule has 1 saturated carbocycles. The number of nitrogens with two attached hydrogens (primary N) is 1. The zero-order chi connectivity index (χ0) is 13.3. The summed E-state index contributed by atoms with van der Waals surface area (Å²) in [6.07, 6.45) is 2.09. The normalized spacial score (nSPS) is 18.8. The molecule has 0 bridgehead atoms. The highest BCUT2D eigenvalue weighted by Gasteiger charge is 2.45. The number of hydrogen-bond donors (Lipinski definition) is 2. The van der Waals surface area contributed by atoms with Gasteiger partial charge in [0.1, 0.15) is 11.4 Å². The first-order valence-electron chi connectivity index (χ1n) is 6.63. The zero-order valence-corrected chi connectivity index (χ0v) is 11.4. The molecule has 2 rings (SSSR count). The minimum atomic E-state index is -0.934. The molecule has 1 aliphatic rings. The van der Waals surface area contributed by atoms with Crippen LogP contribution in [-0.2, 0) is 5.60 Å². The first-order chi connectivity index (χ1) is 8.52. The van der Waals surface area contributed by atoms with E-state index in [0.717, 1.165) is 24.2 Å². The van der Waals surface area contributed by atoms with Gasteiger partial charge in [-0.25, -0.2) is 0 Å². The van der Waals surface area contributed by atoms with E-state index in [-0.39, 0.29) is 12.5 Å². The van der Waals surface area contributed by atoms with Crippen LogP contribution in [0.15, 0.2) is 18.2 Å². The Bertz CT molecular complexity index is 427. The van der Waals surface area contributed by atoms with E-state index in [0.29, 0.717) is 5.92 Å². The van der Waals surface area contributed by atoms with Crippen molar-refractivity contribution < 1.29 is 9.84 Å². The van der Waals surface area contributed by atoms with Crippen molar-refractivity contribution >= 4 is 0 Å². The molecule has 0 spiro atoms. The van der Waals surface area contributed by atoms with Crippen molar-refractivity contribution in [3.63, 3.8) is 0 Å². The summed E-state index contributed by atoms with van der Waals surface area (Å²) in [4.78, 5) is 0. The molecular formula is C15H23NO2. The molecule has 1 fully saturated rings. The monoisotopic (exact) mass is 249 g/mol. The van der Waals surface area contributed by atoms with Gasteiger partial charge in [-0.15, -0.1) is 0 Å². The second-order valence-corrected chi connectivity index (χ2v) is 5.52. The molecule has 0 radical (unpaired) electrons. The molecule has 1 aromatic rings. The zero-order valence-electron chi connectivity index (χ0n) is 11.4. The van der Waals surface area contributed by atoms with Crippen LogP contribution in [0.5, 0.6) is 5.75 Å². The van der Waals surface area contributed by atoms with Gasteiger partial charge in [0.2, 0.25) is 0 Å². The molecule has 1 unspecified atom stereocenters. The van der Waals surface area contributed by atoms with Crippen LogP contribution >= 0.6 is 0 Å². The van der Waals surface area contributed by atoms with E-state index in [1.165, 1.54) is 5.56 Å². The Kier molecular flexibility index (Phi) is 3.64. The van der Waals surface area contributed by atoms with Crippen LogP contribution in [0, 0.1) is 5.92 Å². The minimum Gasteiger partial charge on any atom is -0.496 e. The molecule has 3 nitrogen and oxygen atoms in total. The molecule has 0 aromatic heterocycles. The van der Waals surface area contributed by atoms with Crippen molar-refractivity contribution in [2.45, 2.75) is 38.2 Å². The van der Waals surface area contributed by atoms with Gasteiger partial charge < -0.3 is 15.6 Å². The summed E-state index contributed by atoms with van der Waals surface area (Å²) in [5.74, 6) is 1.44. The maximum absolute atomic E-state index is 10.8. The lowest BCUT2D eigenvalue weighted by molar-refractivity contribution is 0.0199. The van der Waals surface area contributed by atoms with Gasteiger partial charge in [-0.2, -0.15) is 0 Å². The van der Waals surface area contributed by atoms with E-state index in [9.17, 15) is 5.11 Å². The van der Waals surface area contributed by atoms with Crippen LogP contribution in [0.25, 0.3) is 0 Å². The predicted molar refractivity (Wildman–Crippen MR) is 72.8 cm³/mol. The van der Waals surface area contributed by atoms with Gasteiger partial charge in [0.15, 0.2) is 0 Å². The fourth-order valence-electron chi connectivity index (χ4n) is 2.48. The summed E-state index contributed by atoms with van der Waals surface area (Å²) in [7, 11) is 1.64. The van der Waals surface area contributed by atoms with Crippen LogP contribution in [-0.4, -0.2) is 18.8 Å². The van der Waals surface area contributed by atoms with Crippen molar-refractivity contribution in [3.05, 3.63) is 29.3 Å². The molecule has 0 heterocycles. The number of hydrogen-bond acceptors (Lipinski definition) is 3. The van der Waals surface area contributed by atoms with E-state index in [4.69, 9.17) is 10.5 Å². The summed E-state index contributed by atoms with van der Waals surface area (Å²) < 4.78 is 5.39. The summed E-state index contributed by atoms with van der Waals surface area (Å²) in [5.41, 5.74) is 6.95. The fourth-order valence-corrected chi connectivity index (χ4v) is 2.48. The highest BCUT2D eigenvalue weighted by atomic mass is 16.5. The lowest BCUT2D eigenvalue weighted by atomic mass is 9.85. The standard InChI is InChI=1S/C15H23NO2/c1-10(2)11-4-7-14(18-3)13(8-11)15(17,9-16)12-5-6-12/h4,7-8,10,12,17H,5-6,9,16H2,1-3H3. The first-order valence-corrected chi connectivity index (χ1v) is 6.63. The third kappa shape index (κ3) is 2.25. The van der Waals surface area contributed by atoms with Crippen LogP contribution in [0.4, 0.5) is 0 Å². The molecule has 0 aliphatic heterocycles. The highest BCUT2D eigenvalue weighted by Crippen LogP contribution is 2.48. The molecule has 1 aliphatic carbocycles. The molecule has 100 valence electrons. The van der Waals surface area contributed by atoms with Crippen molar-refractivity contribution in [1.82, 2.24) is 0 Å². The van der Waals surface area contributed by atoms with E-state index in [1.54, 1.807) is 7.11 Å². The van der Waals surface area contributed by atoms with Gasteiger partial charge >= 0.3 is 0 Å². The quantitative estimate of drug-likeness (QED) is 0.842. The Morgan fingerprint density at radius 3 is 2.56 bits per heavy atom. The maximum atomic E-state index is 10.8. The average molecular weight is 249 g/mol. The second kappa shape index (κ2) is 4.90. The maximum Gasteiger partial charge on any atom is 0.125 e. The van der Waals surface area contributed by atoms with Gasteiger partial charge in [0, 0.05) is 12.1 Å². The summed E-state index contributed by atoms with van der Waals surface area (Å²) in [6, 6.07) is 6.04. The summed E-state index contributed by atoms with van der Waals surface area (Å²) >= 11 is 0. The van der Waals surface area contributed by atoms with E-state index in [2.05, 4.69) is 26.0 Å². The Morgan fingerprint density at radius 1 is 1.44 bits per heavy atom. The van der Waals surface area contributed by atoms with Gasteiger partial charge in [0.05, 0.1) is 7.11 Å². The number of methoxy groups -OCH3 is 1. The second-order valence-electron chi connectivity index (χ2n) is 5.52. The van der Waals surface area contributed by atoms with Crippen molar-refractivity contribution in [1.29, 1.82) is 0 Å². The lowest BCUT2D eigenvalue weighted by Gasteiger charge is -2.29.